The van der Waals surface area contributed by atoms with Crippen molar-refractivity contribution in [1.82, 2.24) is 0 Å². The number of halogens is 1. The van der Waals surface area contributed by atoms with Gasteiger partial charge in [0.1, 0.15) is 0 Å². The van der Waals surface area contributed by atoms with Crippen molar-refractivity contribution in [1.29, 1.82) is 0 Å². The minimum atomic E-state index is 0.348. The van der Waals surface area contributed by atoms with Gasteiger partial charge in [0.05, 0.1) is 6.61 Å². The number of hydrogen-bond acceptors (Lipinski definition) is 2. The predicted molar refractivity (Wildman–Crippen MR) is 64.1 cm³/mol. The van der Waals surface area contributed by atoms with Crippen LogP contribution in [0.4, 0.5) is 5.69 Å². The summed E-state index contributed by atoms with van der Waals surface area (Å²) in [4.78, 5) is 0. The van der Waals surface area contributed by atoms with Gasteiger partial charge in [-0.15, -0.1) is 0 Å². The number of benzene rings is 1. The fourth-order valence-electron chi connectivity index (χ4n) is 1.14. The van der Waals surface area contributed by atoms with Crippen molar-refractivity contribution in [2.45, 2.75) is 13.0 Å². The summed E-state index contributed by atoms with van der Waals surface area (Å²) in [6.45, 7) is 2.83. The molecule has 13 heavy (non-hydrogen) atoms. The average Bonchev–Trinajstić information content (AvgIpc) is 2.09. The lowest BCUT2D eigenvalue weighted by atomic mass is 10.3. The zero-order valence-corrected chi connectivity index (χ0v) is 10.0. The van der Waals surface area contributed by atoms with Crippen LogP contribution in [0.1, 0.15) is 6.92 Å². The van der Waals surface area contributed by atoms with Crippen LogP contribution in [0.3, 0.4) is 0 Å². The molecule has 1 aromatic carbocycles. The van der Waals surface area contributed by atoms with Crippen molar-refractivity contribution in [2.75, 3.05) is 19.0 Å². The molecule has 1 N–H and O–H groups in total. The van der Waals surface area contributed by atoms with Gasteiger partial charge in [-0.2, -0.15) is 0 Å². The van der Waals surface area contributed by atoms with Gasteiger partial charge < -0.3 is 10.1 Å². The Bertz CT molecular complexity index is 265. The number of rotatable bonds is 4. The fraction of sp³-hybridized carbons (Fsp3) is 0.400. The maximum atomic E-state index is 5.05. The summed E-state index contributed by atoms with van der Waals surface area (Å²) in [5.74, 6) is 0. The van der Waals surface area contributed by atoms with Crippen LogP contribution in [0, 0.1) is 3.57 Å². The topological polar surface area (TPSA) is 21.3 Å². The summed E-state index contributed by atoms with van der Waals surface area (Å²) in [6.07, 6.45) is 0. The summed E-state index contributed by atoms with van der Waals surface area (Å²) < 4.78 is 6.29. The zero-order chi connectivity index (χ0) is 9.68. The Morgan fingerprint density at radius 3 is 2.77 bits per heavy atom. The van der Waals surface area contributed by atoms with Crippen molar-refractivity contribution in [3.63, 3.8) is 0 Å². The quantitative estimate of drug-likeness (QED) is 0.861. The van der Waals surface area contributed by atoms with E-state index in [1.54, 1.807) is 7.11 Å². The minimum absolute atomic E-state index is 0.348. The van der Waals surface area contributed by atoms with Gasteiger partial charge in [0.2, 0.25) is 0 Å². The molecule has 1 rings (SSSR count). The average molecular weight is 291 g/mol. The molecule has 0 fully saturated rings. The Morgan fingerprint density at radius 2 is 2.15 bits per heavy atom. The maximum absolute atomic E-state index is 5.05. The highest BCUT2D eigenvalue weighted by Gasteiger charge is 2.02. The van der Waals surface area contributed by atoms with E-state index in [0.29, 0.717) is 6.04 Å². The lowest BCUT2D eigenvalue weighted by Crippen LogP contribution is -2.21. The molecule has 0 unspecified atom stereocenters. The number of hydrogen-bond donors (Lipinski definition) is 1. The Kier molecular flexibility index (Phi) is 4.52. The first-order valence-electron chi connectivity index (χ1n) is 4.24. The Labute approximate surface area is 92.8 Å². The van der Waals surface area contributed by atoms with E-state index in [9.17, 15) is 0 Å². The van der Waals surface area contributed by atoms with Crippen molar-refractivity contribution >= 4 is 28.3 Å². The molecule has 0 heterocycles. The highest BCUT2D eigenvalue weighted by atomic mass is 127. The molecule has 0 aromatic heterocycles. The number of ether oxygens (including phenoxy) is 1. The van der Waals surface area contributed by atoms with E-state index in [-0.39, 0.29) is 0 Å². The van der Waals surface area contributed by atoms with E-state index >= 15 is 0 Å². The van der Waals surface area contributed by atoms with Gasteiger partial charge in [-0.1, -0.05) is 12.1 Å². The largest absolute Gasteiger partial charge is 0.383 e. The standard InChI is InChI=1S/C10H14INO/c1-8(7-13-2)12-10-6-4-3-5-9(10)11/h3-6,8,12H,7H2,1-2H3/t8-/m1/s1. The highest BCUT2D eigenvalue weighted by Crippen LogP contribution is 2.17. The summed E-state index contributed by atoms with van der Waals surface area (Å²) in [6, 6.07) is 8.58. The molecule has 72 valence electrons. The van der Waals surface area contributed by atoms with Crippen molar-refractivity contribution in [3.8, 4) is 0 Å². The van der Waals surface area contributed by atoms with E-state index < -0.39 is 0 Å². The summed E-state index contributed by atoms with van der Waals surface area (Å²) in [7, 11) is 1.72. The molecule has 0 spiro atoms. The number of methoxy groups -OCH3 is 1. The molecule has 0 saturated carbocycles. The third kappa shape index (κ3) is 3.52. The number of anilines is 1. The molecule has 3 heteroatoms. The molecular weight excluding hydrogens is 277 g/mol. The summed E-state index contributed by atoms with van der Waals surface area (Å²) >= 11 is 2.32. The van der Waals surface area contributed by atoms with Gasteiger partial charge >= 0.3 is 0 Å². The van der Waals surface area contributed by atoms with E-state index in [1.165, 1.54) is 9.26 Å². The SMILES string of the molecule is COC[C@@H](C)Nc1ccccc1I. The third-order valence-corrected chi connectivity index (χ3v) is 2.63. The number of nitrogens with one attached hydrogen (secondary N) is 1. The van der Waals surface area contributed by atoms with Crippen LogP contribution in [-0.2, 0) is 4.74 Å². The van der Waals surface area contributed by atoms with Crippen LogP contribution >= 0.6 is 22.6 Å². The highest BCUT2D eigenvalue weighted by molar-refractivity contribution is 14.1. The Hall–Kier alpha value is -0.290. The normalized spacial score (nSPS) is 12.5. The molecule has 0 saturated heterocycles. The second-order valence-electron chi connectivity index (χ2n) is 2.98. The first-order chi connectivity index (χ1) is 6.24. The van der Waals surface area contributed by atoms with E-state index in [2.05, 4.69) is 47.0 Å². The first-order valence-corrected chi connectivity index (χ1v) is 5.32. The lowest BCUT2D eigenvalue weighted by molar-refractivity contribution is 0.190. The molecule has 0 bridgehead atoms. The van der Waals surface area contributed by atoms with Gasteiger partial charge in [0.15, 0.2) is 0 Å². The first kappa shape index (κ1) is 10.8. The molecule has 0 aliphatic heterocycles. The van der Waals surface area contributed by atoms with Crippen LogP contribution in [0.15, 0.2) is 24.3 Å². The van der Waals surface area contributed by atoms with Crippen molar-refractivity contribution in [3.05, 3.63) is 27.8 Å². The van der Waals surface area contributed by atoms with E-state index in [0.717, 1.165) is 6.61 Å². The molecule has 0 aliphatic rings. The van der Waals surface area contributed by atoms with Gasteiger partial charge in [-0.05, 0) is 41.6 Å². The molecule has 2 nitrogen and oxygen atoms in total. The Morgan fingerprint density at radius 1 is 1.46 bits per heavy atom. The monoisotopic (exact) mass is 291 g/mol. The third-order valence-electron chi connectivity index (χ3n) is 1.69. The summed E-state index contributed by atoms with van der Waals surface area (Å²) in [5, 5.41) is 3.38. The van der Waals surface area contributed by atoms with Crippen LogP contribution < -0.4 is 5.32 Å². The smallest absolute Gasteiger partial charge is 0.0661 e. The molecule has 0 aliphatic carbocycles. The maximum Gasteiger partial charge on any atom is 0.0661 e. The summed E-state index contributed by atoms with van der Waals surface area (Å²) in [5.41, 5.74) is 1.17. The van der Waals surface area contributed by atoms with E-state index in [4.69, 9.17) is 4.74 Å². The zero-order valence-electron chi connectivity index (χ0n) is 7.88. The predicted octanol–water partition coefficient (Wildman–Crippen LogP) is 2.74. The molecular formula is C10H14INO. The van der Waals surface area contributed by atoms with Gasteiger partial charge in [-0.25, -0.2) is 0 Å². The second kappa shape index (κ2) is 5.44. The van der Waals surface area contributed by atoms with Crippen LogP contribution in [0.25, 0.3) is 0 Å². The van der Waals surface area contributed by atoms with Gasteiger partial charge in [0.25, 0.3) is 0 Å². The van der Waals surface area contributed by atoms with Crippen LogP contribution in [0.5, 0.6) is 0 Å². The van der Waals surface area contributed by atoms with Crippen LogP contribution in [0.2, 0.25) is 0 Å². The molecule has 1 aromatic rings. The van der Waals surface area contributed by atoms with Gasteiger partial charge in [-0.3, -0.25) is 0 Å². The van der Waals surface area contributed by atoms with Gasteiger partial charge in [0, 0.05) is 22.4 Å². The number of para-hydroxylation sites is 1. The Balaban J connectivity index is 2.58. The molecule has 0 amide bonds. The molecule has 0 radical (unpaired) electrons. The fourth-order valence-corrected chi connectivity index (χ4v) is 1.68. The van der Waals surface area contributed by atoms with Crippen molar-refractivity contribution in [2.24, 2.45) is 0 Å². The lowest BCUT2D eigenvalue weighted by Gasteiger charge is -2.15. The molecule has 1 atom stereocenters. The van der Waals surface area contributed by atoms with E-state index in [1.807, 2.05) is 12.1 Å². The van der Waals surface area contributed by atoms with Crippen LogP contribution in [-0.4, -0.2) is 19.8 Å². The second-order valence-corrected chi connectivity index (χ2v) is 4.14. The van der Waals surface area contributed by atoms with Crippen molar-refractivity contribution < 1.29 is 4.74 Å². The minimum Gasteiger partial charge on any atom is -0.383 e.